The topological polar surface area (TPSA) is 12.9 Å². The molecule has 1 heteroatoms. The summed E-state index contributed by atoms with van der Waals surface area (Å²) in [7, 11) is 0. The first-order chi connectivity index (χ1) is 11.4. The number of hydrogen-bond acceptors (Lipinski definition) is 1. The normalized spacial score (nSPS) is 10.4. The van der Waals surface area contributed by atoms with Gasteiger partial charge < -0.3 is 0 Å². The summed E-state index contributed by atoms with van der Waals surface area (Å²) in [6, 6.07) is 21.4. The molecule has 0 aliphatic heterocycles. The molecule has 118 valence electrons. The third kappa shape index (κ3) is 3.34. The van der Waals surface area contributed by atoms with Crippen LogP contribution in [0.3, 0.4) is 0 Å². The summed E-state index contributed by atoms with van der Waals surface area (Å²) in [5, 5.41) is 0. The lowest BCUT2D eigenvalue weighted by Crippen LogP contribution is -1.89. The maximum Gasteiger partial charge on any atom is 0.0783 e. The number of pyridine rings is 1. The third-order valence-electron chi connectivity index (χ3n) is 3.77. The molecule has 0 fully saturated rings. The summed E-state index contributed by atoms with van der Waals surface area (Å²) in [6.07, 6.45) is 2.85. The van der Waals surface area contributed by atoms with Crippen LogP contribution in [-0.2, 0) is 6.42 Å². The summed E-state index contributed by atoms with van der Waals surface area (Å²) in [5.41, 5.74) is 7.64. The summed E-state index contributed by atoms with van der Waals surface area (Å²) < 4.78 is 0. The minimum atomic E-state index is 0.975. The Balaban J connectivity index is 0.000000448. The standard InChI is InChI=1S/C18H13N.2C2H6/c1-3-8-15-13(6-1)12-14-7-2-4-9-16(14)18-17(15)10-5-11-19-18;2*1-2/h1-11H,12H2;2*1-2H3. The second-order valence-electron chi connectivity index (χ2n) is 4.89. The highest BCUT2D eigenvalue weighted by Gasteiger charge is 2.18. The molecule has 1 aliphatic carbocycles. The zero-order valence-corrected chi connectivity index (χ0v) is 14.5. The molecule has 0 saturated carbocycles. The molecular formula is C22H25N. The van der Waals surface area contributed by atoms with E-state index in [9.17, 15) is 0 Å². The van der Waals surface area contributed by atoms with Gasteiger partial charge in [0.2, 0.25) is 0 Å². The Kier molecular flexibility index (Phi) is 6.10. The summed E-state index contributed by atoms with van der Waals surface area (Å²) in [4.78, 5) is 4.62. The monoisotopic (exact) mass is 303 g/mol. The van der Waals surface area contributed by atoms with Crippen LogP contribution in [0.2, 0.25) is 0 Å². The zero-order chi connectivity index (χ0) is 16.7. The van der Waals surface area contributed by atoms with E-state index in [0.29, 0.717) is 0 Å². The Morgan fingerprint density at radius 1 is 0.609 bits per heavy atom. The van der Waals surface area contributed by atoms with Crippen molar-refractivity contribution in [2.75, 3.05) is 0 Å². The van der Waals surface area contributed by atoms with Crippen LogP contribution in [0.4, 0.5) is 0 Å². The highest BCUT2D eigenvalue weighted by Crippen LogP contribution is 2.38. The first-order valence-electron chi connectivity index (χ1n) is 8.55. The summed E-state index contributed by atoms with van der Waals surface area (Å²) in [5.74, 6) is 0. The van der Waals surface area contributed by atoms with E-state index in [0.717, 1.165) is 12.1 Å². The van der Waals surface area contributed by atoms with E-state index in [-0.39, 0.29) is 0 Å². The van der Waals surface area contributed by atoms with Gasteiger partial charge in [-0.1, -0.05) is 82.3 Å². The molecule has 0 saturated heterocycles. The van der Waals surface area contributed by atoms with Crippen molar-refractivity contribution in [1.82, 2.24) is 4.98 Å². The predicted molar refractivity (Wildman–Crippen MR) is 101 cm³/mol. The van der Waals surface area contributed by atoms with E-state index in [2.05, 4.69) is 59.6 Å². The number of benzene rings is 2. The number of hydrogen-bond donors (Lipinski definition) is 0. The largest absolute Gasteiger partial charge is 0.256 e. The molecule has 23 heavy (non-hydrogen) atoms. The minimum absolute atomic E-state index is 0.975. The molecule has 0 amide bonds. The van der Waals surface area contributed by atoms with Crippen LogP contribution >= 0.6 is 0 Å². The second-order valence-corrected chi connectivity index (χ2v) is 4.89. The third-order valence-corrected chi connectivity index (χ3v) is 3.77. The van der Waals surface area contributed by atoms with Gasteiger partial charge >= 0.3 is 0 Å². The van der Waals surface area contributed by atoms with Crippen LogP contribution in [0.5, 0.6) is 0 Å². The molecule has 0 bridgehead atoms. The van der Waals surface area contributed by atoms with Crippen molar-refractivity contribution in [2.24, 2.45) is 0 Å². The van der Waals surface area contributed by atoms with E-state index in [1.807, 2.05) is 40.0 Å². The molecule has 0 spiro atoms. The fourth-order valence-corrected chi connectivity index (χ4v) is 2.89. The van der Waals surface area contributed by atoms with Gasteiger partial charge in [0.25, 0.3) is 0 Å². The Labute approximate surface area is 140 Å². The molecule has 1 aromatic heterocycles. The van der Waals surface area contributed by atoms with Gasteiger partial charge in [-0.15, -0.1) is 0 Å². The maximum absolute atomic E-state index is 4.62. The quantitative estimate of drug-likeness (QED) is 0.367. The van der Waals surface area contributed by atoms with Crippen LogP contribution in [-0.4, -0.2) is 4.98 Å². The maximum atomic E-state index is 4.62. The van der Waals surface area contributed by atoms with Crippen molar-refractivity contribution in [3.63, 3.8) is 0 Å². The van der Waals surface area contributed by atoms with E-state index >= 15 is 0 Å². The van der Waals surface area contributed by atoms with Gasteiger partial charge in [0.05, 0.1) is 5.69 Å². The van der Waals surface area contributed by atoms with Gasteiger partial charge in [0, 0.05) is 17.3 Å². The van der Waals surface area contributed by atoms with Gasteiger partial charge in [-0.25, -0.2) is 0 Å². The highest BCUT2D eigenvalue weighted by atomic mass is 14.7. The van der Waals surface area contributed by atoms with E-state index < -0.39 is 0 Å². The van der Waals surface area contributed by atoms with Crippen molar-refractivity contribution < 1.29 is 0 Å². The SMILES string of the molecule is CC.CC.c1ccc2c(c1)Cc1ccccc1-c1ncccc1-2. The Morgan fingerprint density at radius 3 is 1.83 bits per heavy atom. The lowest BCUT2D eigenvalue weighted by atomic mass is 9.98. The van der Waals surface area contributed by atoms with Crippen molar-refractivity contribution in [1.29, 1.82) is 0 Å². The Bertz CT molecular complexity index is 695. The molecule has 1 aliphatic rings. The Hall–Kier alpha value is -2.41. The molecule has 1 nitrogen and oxygen atoms in total. The molecule has 0 N–H and O–H groups in total. The fourth-order valence-electron chi connectivity index (χ4n) is 2.89. The summed E-state index contributed by atoms with van der Waals surface area (Å²) in [6.45, 7) is 8.00. The number of nitrogens with zero attached hydrogens (tertiary/aromatic N) is 1. The highest BCUT2D eigenvalue weighted by molar-refractivity contribution is 5.85. The van der Waals surface area contributed by atoms with Crippen LogP contribution in [0.15, 0.2) is 66.9 Å². The van der Waals surface area contributed by atoms with Gasteiger partial charge in [-0.2, -0.15) is 0 Å². The first-order valence-corrected chi connectivity index (χ1v) is 8.55. The van der Waals surface area contributed by atoms with Crippen molar-refractivity contribution in [2.45, 2.75) is 34.1 Å². The second kappa shape index (κ2) is 8.28. The molecule has 0 radical (unpaired) electrons. The molecule has 4 rings (SSSR count). The minimum Gasteiger partial charge on any atom is -0.256 e. The molecule has 1 heterocycles. The van der Waals surface area contributed by atoms with Gasteiger partial charge in [-0.05, 0) is 29.2 Å². The van der Waals surface area contributed by atoms with Crippen molar-refractivity contribution >= 4 is 0 Å². The Morgan fingerprint density at radius 2 is 1.13 bits per heavy atom. The van der Waals surface area contributed by atoms with Crippen LogP contribution < -0.4 is 0 Å². The smallest absolute Gasteiger partial charge is 0.0783 e. The van der Waals surface area contributed by atoms with Crippen LogP contribution in [0.1, 0.15) is 38.8 Å². The molecule has 2 aromatic carbocycles. The number of aromatic nitrogens is 1. The first kappa shape index (κ1) is 17.0. The van der Waals surface area contributed by atoms with Gasteiger partial charge in [-0.3, -0.25) is 4.98 Å². The van der Waals surface area contributed by atoms with Gasteiger partial charge in [0.1, 0.15) is 0 Å². The summed E-state index contributed by atoms with van der Waals surface area (Å²) >= 11 is 0. The van der Waals surface area contributed by atoms with Crippen LogP contribution in [0.25, 0.3) is 22.4 Å². The van der Waals surface area contributed by atoms with Crippen molar-refractivity contribution in [3.8, 4) is 22.4 Å². The molecule has 3 aromatic rings. The number of fused-ring (bicyclic) bond motifs is 5. The van der Waals surface area contributed by atoms with E-state index in [1.165, 1.54) is 27.8 Å². The average molecular weight is 303 g/mol. The number of rotatable bonds is 0. The predicted octanol–water partition coefficient (Wildman–Crippen LogP) is 6.37. The molecule has 0 atom stereocenters. The van der Waals surface area contributed by atoms with Crippen molar-refractivity contribution in [3.05, 3.63) is 78.0 Å². The lowest BCUT2D eigenvalue weighted by Gasteiger charge is -2.08. The van der Waals surface area contributed by atoms with Gasteiger partial charge in [0.15, 0.2) is 0 Å². The average Bonchev–Trinajstić information content (AvgIpc) is 2.80. The lowest BCUT2D eigenvalue weighted by molar-refractivity contribution is 1.21. The van der Waals surface area contributed by atoms with E-state index in [1.54, 1.807) is 0 Å². The molecular weight excluding hydrogens is 278 g/mol. The van der Waals surface area contributed by atoms with Crippen LogP contribution in [0, 0.1) is 0 Å². The zero-order valence-electron chi connectivity index (χ0n) is 14.5. The fraction of sp³-hybridized carbons (Fsp3) is 0.227. The molecule has 0 unspecified atom stereocenters. The van der Waals surface area contributed by atoms with E-state index in [4.69, 9.17) is 0 Å².